The molecule has 1 fully saturated rings. The smallest absolute Gasteiger partial charge is 0.235 e. The Morgan fingerprint density at radius 1 is 1.89 bits per heavy atom. The van der Waals surface area contributed by atoms with E-state index >= 15 is 0 Å². The summed E-state index contributed by atoms with van der Waals surface area (Å²) in [4.78, 5) is 10.8. The minimum Gasteiger partial charge on any atom is -0.355 e. The molecule has 0 radical (unpaired) electrons. The van der Waals surface area contributed by atoms with Crippen LogP contribution in [0.3, 0.4) is 0 Å². The van der Waals surface area contributed by atoms with Gasteiger partial charge in [0.1, 0.15) is 5.92 Å². The van der Waals surface area contributed by atoms with Crippen LogP contribution >= 0.6 is 0 Å². The average Bonchev–Trinajstić information content (AvgIpc) is 2.12. The van der Waals surface area contributed by atoms with Crippen molar-refractivity contribution in [2.75, 3.05) is 6.54 Å². The standard InChI is InChI=1S/C7H9NO/c1-3-6-5(2)4-8-7(6)9/h1,5-6H,4H2,2H3,(H,8,9)/t5-,6-/m0/s1. The molecule has 1 aliphatic rings. The van der Waals surface area contributed by atoms with E-state index in [1.54, 1.807) is 0 Å². The zero-order valence-electron chi connectivity index (χ0n) is 5.35. The third-order valence-electron chi connectivity index (χ3n) is 1.63. The lowest BCUT2D eigenvalue weighted by Gasteiger charge is -2.00. The molecule has 9 heavy (non-hydrogen) atoms. The molecule has 0 aromatic heterocycles. The summed E-state index contributed by atoms with van der Waals surface area (Å²) < 4.78 is 0. The summed E-state index contributed by atoms with van der Waals surface area (Å²) in [5.74, 6) is 2.57. The number of terminal acetylenes is 1. The monoisotopic (exact) mass is 123 g/mol. The van der Waals surface area contributed by atoms with Gasteiger partial charge in [-0.2, -0.15) is 0 Å². The second-order valence-electron chi connectivity index (χ2n) is 2.37. The second kappa shape index (κ2) is 2.10. The Bertz CT molecular complexity index is 168. The minimum absolute atomic E-state index is 0.00463. The summed E-state index contributed by atoms with van der Waals surface area (Å²) in [7, 11) is 0. The first-order chi connectivity index (χ1) is 4.25. The molecule has 1 aliphatic heterocycles. The molecule has 48 valence electrons. The summed E-state index contributed by atoms with van der Waals surface area (Å²) in [6, 6.07) is 0. The molecular formula is C7H9NO. The third-order valence-corrected chi connectivity index (χ3v) is 1.63. The Morgan fingerprint density at radius 3 is 2.78 bits per heavy atom. The summed E-state index contributed by atoms with van der Waals surface area (Å²) >= 11 is 0. The second-order valence-corrected chi connectivity index (χ2v) is 2.37. The Kier molecular flexibility index (Phi) is 1.44. The van der Waals surface area contributed by atoms with Crippen LogP contribution in [-0.2, 0) is 4.79 Å². The van der Waals surface area contributed by atoms with Gasteiger partial charge in [-0.05, 0) is 5.92 Å². The predicted molar refractivity (Wildman–Crippen MR) is 34.5 cm³/mol. The van der Waals surface area contributed by atoms with Gasteiger partial charge in [0.15, 0.2) is 0 Å². The molecule has 1 amide bonds. The Hall–Kier alpha value is -0.970. The van der Waals surface area contributed by atoms with Gasteiger partial charge in [0.05, 0.1) is 0 Å². The number of hydrogen-bond acceptors (Lipinski definition) is 1. The van der Waals surface area contributed by atoms with Crippen molar-refractivity contribution in [3.63, 3.8) is 0 Å². The summed E-state index contributed by atoms with van der Waals surface area (Å²) in [6.45, 7) is 2.70. The number of carbonyl (C=O) groups is 1. The fourth-order valence-electron chi connectivity index (χ4n) is 0.988. The average molecular weight is 123 g/mol. The van der Waals surface area contributed by atoms with Gasteiger partial charge in [0.25, 0.3) is 0 Å². The highest BCUT2D eigenvalue weighted by molar-refractivity contribution is 5.83. The SMILES string of the molecule is C#C[C@@H]1C(=O)NC[C@@H]1C. The van der Waals surface area contributed by atoms with Gasteiger partial charge >= 0.3 is 0 Å². The lowest BCUT2D eigenvalue weighted by Crippen LogP contribution is -2.17. The molecule has 2 nitrogen and oxygen atoms in total. The summed E-state index contributed by atoms with van der Waals surface area (Å²) in [6.07, 6.45) is 5.10. The third kappa shape index (κ3) is 0.904. The van der Waals surface area contributed by atoms with Gasteiger partial charge in [-0.25, -0.2) is 0 Å². The lowest BCUT2D eigenvalue weighted by molar-refractivity contribution is -0.121. The normalized spacial score (nSPS) is 33.6. The highest BCUT2D eigenvalue weighted by Crippen LogP contribution is 2.14. The van der Waals surface area contributed by atoms with Gasteiger partial charge in [0, 0.05) is 6.54 Å². The molecule has 1 saturated heterocycles. The van der Waals surface area contributed by atoms with Crippen molar-refractivity contribution in [3.05, 3.63) is 0 Å². The molecule has 0 aliphatic carbocycles. The van der Waals surface area contributed by atoms with Gasteiger partial charge in [0.2, 0.25) is 5.91 Å². The number of nitrogens with one attached hydrogen (secondary N) is 1. The van der Waals surface area contributed by atoms with E-state index in [1.165, 1.54) is 0 Å². The van der Waals surface area contributed by atoms with E-state index in [0.717, 1.165) is 6.54 Å². The first-order valence-corrected chi connectivity index (χ1v) is 2.99. The van der Waals surface area contributed by atoms with Gasteiger partial charge < -0.3 is 5.32 Å². The summed E-state index contributed by atoms with van der Waals surface area (Å²) in [5.41, 5.74) is 0. The molecule has 2 atom stereocenters. The van der Waals surface area contributed by atoms with Crippen molar-refractivity contribution in [2.24, 2.45) is 11.8 Å². The molecule has 1 heterocycles. The predicted octanol–water partition coefficient (Wildman–Crippen LogP) is 0.00170. The topological polar surface area (TPSA) is 29.1 Å². The van der Waals surface area contributed by atoms with E-state index in [1.807, 2.05) is 6.92 Å². The van der Waals surface area contributed by atoms with Crippen LogP contribution in [0.2, 0.25) is 0 Å². The number of carbonyl (C=O) groups excluding carboxylic acids is 1. The van der Waals surface area contributed by atoms with Crippen LogP contribution in [0, 0.1) is 24.2 Å². The molecule has 0 unspecified atom stereocenters. The first-order valence-electron chi connectivity index (χ1n) is 2.99. The van der Waals surface area contributed by atoms with E-state index in [-0.39, 0.29) is 11.8 Å². The van der Waals surface area contributed by atoms with E-state index in [9.17, 15) is 4.79 Å². The molecule has 0 aromatic carbocycles. The van der Waals surface area contributed by atoms with Gasteiger partial charge in [-0.1, -0.05) is 12.8 Å². The molecule has 0 bridgehead atoms. The van der Waals surface area contributed by atoms with E-state index in [4.69, 9.17) is 6.42 Å². The Labute approximate surface area is 54.6 Å². The van der Waals surface area contributed by atoms with Crippen LogP contribution in [0.5, 0.6) is 0 Å². The fourth-order valence-corrected chi connectivity index (χ4v) is 0.988. The molecular weight excluding hydrogens is 114 g/mol. The molecule has 1 N–H and O–H groups in total. The van der Waals surface area contributed by atoms with Crippen LogP contribution < -0.4 is 5.32 Å². The van der Waals surface area contributed by atoms with Crippen LogP contribution in [0.4, 0.5) is 0 Å². The maximum absolute atomic E-state index is 10.8. The van der Waals surface area contributed by atoms with Gasteiger partial charge in [-0.3, -0.25) is 4.79 Å². The van der Waals surface area contributed by atoms with E-state index in [0.29, 0.717) is 5.92 Å². The molecule has 0 spiro atoms. The van der Waals surface area contributed by atoms with Crippen LogP contribution in [0.1, 0.15) is 6.92 Å². The first kappa shape index (κ1) is 6.15. The largest absolute Gasteiger partial charge is 0.355 e. The van der Waals surface area contributed by atoms with Crippen molar-refractivity contribution in [2.45, 2.75) is 6.92 Å². The van der Waals surface area contributed by atoms with Crippen molar-refractivity contribution in [3.8, 4) is 12.3 Å². The number of amides is 1. The highest BCUT2D eigenvalue weighted by Gasteiger charge is 2.28. The molecule has 0 aromatic rings. The van der Waals surface area contributed by atoms with E-state index in [2.05, 4.69) is 11.2 Å². The van der Waals surface area contributed by atoms with Crippen LogP contribution in [0.25, 0.3) is 0 Å². The quantitative estimate of drug-likeness (QED) is 0.451. The van der Waals surface area contributed by atoms with Crippen molar-refractivity contribution in [1.82, 2.24) is 5.32 Å². The molecule has 1 rings (SSSR count). The zero-order chi connectivity index (χ0) is 6.85. The van der Waals surface area contributed by atoms with E-state index < -0.39 is 0 Å². The number of hydrogen-bond donors (Lipinski definition) is 1. The zero-order valence-corrected chi connectivity index (χ0v) is 5.35. The Balaban J connectivity index is 2.69. The highest BCUT2D eigenvalue weighted by atomic mass is 16.2. The Morgan fingerprint density at radius 2 is 2.56 bits per heavy atom. The number of rotatable bonds is 0. The van der Waals surface area contributed by atoms with Crippen LogP contribution in [0.15, 0.2) is 0 Å². The summed E-state index contributed by atoms with van der Waals surface area (Å²) in [5, 5.41) is 2.69. The molecule has 2 heteroatoms. The van der Waals surface area contributed by atoms with Crippen molar-refractivity contribution >= 4 is 5.91 Å². The van der Waals surface area contributed by atoms with Crippen LogP contribution in [-0.4, -0.2) is 12.5 Å². The molecule has 0 saturated carbocycles. The van der Waals surface area contributed by atoms with Crippen molar-refractivity contribution in [1.29, 1.82) is 0 Å². The van der Waals surface area contributed by atoms with Crippen molar-refractivity contribution < 1.29 is 4.79 Å². The lowest BCUT2D eigenvalue weighted by atomic mass is 9.99. The maximum Gasteiger partial charge on any atom is 0.235 e. The van der Waals surface area contributed by atoms with Gasteiger partial charge in [-0.15, -0.1) is 6.42 Å². The minimum atomic E-state index is -0.190. The fraction of sp³-hybridized carbons (Fsp3) is 0.571. The maximum atomic E-state index is 10.8.